The summed E-state index contributed by atoms with van der Waals surface area (Å²) in [7, 11) is 4.01. The zero-order valence-electron chi connectivity index (χ0n) is 24.9. The van der Waals surface area contributed by atoms with Crippen molar-refractivity contribution in [3.05, 3.63) is 0 Å². The molecule has 0 aromatic heterocycles. The van der Waals surface area contributed by atoms with E-state index < -0.39 is 17.3 Å². The average Bonchev–Trinajstić information content (AvgIpc) is 3.13. The molecular formula is C32H59NO3. The zero-order chi connectivity index (χ0) is 26.7. The lowest BCUT2D eigenvalue weighted by molar-refractivity contribution is -0.308. The molecule has 0 saturated heterocycles. The van der Waals surface area contributed by atoms with E-state index in [1.807, 2.05) is 19.0 Å². The molecule has 11 atom stereocenters. The normalized spacial score (nSPS) is 48.4. The second kappa shape index (κ2) is 10.1. The Balaban J connectivity index is 1.60. The Bertz CT molecular complexity index is 770. The van der Waals surface area contributed by atoms with Crippen LogP contribution in [-0.2, 0) is 0 Å². The van der Waals surface area contributed by atoms with E-state index in [0.717, 1.165) is 42.9 Å². The van der Waals surface area contributed by atoms with Crippen LogP contribution in [0.15, 0.2) is 0 Å². The molecule has 4 heteroatoms. The van der Waals surface area contributed by atoms with Crippen LogP contribution in [0, 0.1) is 52.3 Å². The maximum atomic E-state index is 12.3. The second-order valence-corrected chi connectivity index (χ2v) is 15.2. The minimum Gasteiger partial charge on any atom is -0.393 e. The molecule has 210 valence electrons. The van der Waals surface area contributed by atoms with Crippen molar-refractivity contribution in [1.29, 1.82) is 0 Å². The van der Waals surface area contributed by atoms with Gasteiger partial charge in [0.05, 0.1) is 6.10 Å². The number of rotatable bonds is 8. The highest BCUT2D eigenvalue weighted by molar-refractivity contribution is 5.22. The summed E-state index contributed by atoms with van der Waals surface area (Å²) in [6, 6.07) is 0. The van der Waals surface area contributed by atoms with Crippen LogP contribution in [0.3, 0.4) is 0 Å². The molecule has 36 heavy (non-hydrogen) atoms. The third-order valence-corrected chi connectivity index (χ3v) is 12.9. The van der Waals surface area contributed by atoms with Gasteiger partial charge in [-0.05, 0) is 112 Å². The van der Waals surface area contributed by atoms with Crippen molar-refractivity contribution in [3.63, 3.8) is 0 Å². The summed E-state index contributed by atoms with van der Waals surface area (Å²) in [4.78, 5) is 2.04. The van der Waals surface area contributed by atoms with Crippen molar-refractivity contribution in [1.82, 2.24) is 4.90 Å². The molecule has 0 aliphatic heterocycles. The maximum absolute atomic E-state index is 12.3. The van der Waals surface area contributed by atoms with Crippen molar-refractivity contribution in [2.75, 3.05) is 20.6 Å². The van der Waals surface area contributed by atoms with Crippen LogP contribution >= 0.6 is 0 Å². The number of likely N-dealkylation sites (N-methyl/N-ethyl adjacent to an activating group) is 1. The molecule has 4 nitrogen and oxygen atoms in total. The highest BCUT2D eigenvalue weighted by Crippen LogP contribution is 2.71. The lowest BCUT2D eigenvalue weighted by Crippen LogP contribution is -2.76. The molecule has 0 amide bonds. The number of fused-ring (bicyclic) bond motifs is 5. The molecule has 0 spiro atoms. The fourth-order valence-electron chi connectivity index (χ4n) is 10.9. The highest BCUT2D eigenvalue weighted by atomic mass is 16.4. The van der Waals surface area contributed by atoms with E-state index in [0.29, 0.717) is 42.6 Å². The maximum Gasteiger partial charge on any atom is 0.107 e. The van der Waals surface area contributed by atoms with Crippen molar-refractivity contribution in [3.8, 4) is 0 Å². The second-order valence-electron chi connectivity index (χ2n) is 15.2. The Hall–Kier alpha value is -0.160. The molecular weight excluding hydrogens is 446 g/mol. The number of aliphatic hydroxyl groups excluding tert-OH is 1. The molecule has 0 aromatic rings. The van der Waals surface area contributed by atoms with Crippen LogP contribution < -0.4 is 0 Å². The summed E-state index contributed by atoms with van der Waals surface area (Å²) in [5.41, 5.74) is -2.40. The molecule has 0 radical (unpaired) electrons. The monoisotopic (exact) mass is 505 g/mol. The van der Waals surface area contributed by atoms with Gasteiger partial charge < -0.3 is 20.2 Å². The molecule has 0 heterocycles. The van der Waals surface area contributed by atoms with Gasteiger partial charge in [0, 0.05) is 18.4 Å². The summed E-state index contributed by atoms with van der Waals surface area (Å²) in [6.07, 6.45) is 11.1. The molecule has 4 aliphatic carbocycles. The van der Waals surface area contributed by atoms with E-state index in [4.69, 9.17) is 0 Å². The van der Waals surface area contributed by atoms with Gasteiger partial charge in [0.25, 0.3) is 0 Å². The van der Waals surface area contributed by atoms with Crippen LogP contribution in [0.2, 0.25) is 0 Å². The van der Waals surface area contributed by atoms with Gasteiger partial charge in [0.15, 0.2) is 0 Å². The third kappa shape index (κ3) is 4.42. The van der Waals surface area contributed by atoms with Gasteiger partial charge in [0.1, 0.15) is 11.2 Å². The first-order valence-corrected chi connectivity index (χ1v) is 15.5. The van der Waals surface area contributed by atoms with Gasteiger partial charge in [-0.15, -0.1) is 0 Å². The predicted molar refractivity (Wildman–Crippen MR) is 149 cm³/mol. The summed E-state index contributed by atoms with van der Waals surface area (Å²) in [5.74, 6) is 4.68. The van der Waals surface area contributed by atoms with Gasteiger partial charge in [0.2, 0.25) is 0 Å². The average molecular weight is 506 g/mol. The summed E-state index contributed by atoms with van der Waals surface area (Å²) in [6.45, 7) is 15.0. The minimum atomic E-state index is -1.23. The van der Waals surface area contributed by atoms with E-state index in [1.165, 1.54) is 38.5 Å². The van der Waals surface area contributed by atoms with Crippen LogP contribution in [-0.4, -0.2) is 58.2 Å². The molecule has 4 saturated carbocycles. The lowest BCUT2D eigenvalue weighted by atomic mass is 9.39. The van der Waals surface area contributed by atoms with Crippen LogP contribution in [0.25, 0.3) is 0 Å². The fourth-order valence-corrected chi connectivity index (χ4v) is 10.9. The van der Waals surface area contributed by atoms with E-state index in [9.17, 15) is 15.3 Å². The smallest absolute Gasteiger partial charge is 0.107 e. The molecule has 0 aromatic carbocycles. The van der Waals surface area contributed by atoms with Gasteiger partial charge >= 0.3 is 0 Å². The van der Waals surface area contributed by atoms with Gasteiger partial charge in [-0.1, -0.05) is 54.4 Å². The standard InChI is InChI=1S/C32H59NO3/c1-9-23(21(2)3)11-10-22(4)26-12-13-27-25-19-31(35,20-33(7)8)32(36)18-24(34)14-17-30(32,6)28(25)15-16-29(26,27)5/h21-28,34-36H,9-20H2,1-8H3/t22-,23-,24+,25+,26-,27+,28+,29-,30-,31-,32-/m1/s1. The number of aliphatic hydroxyl groups is 3. The van der Waals surface area contributed by atoms with Gasteiger partial charge in [-0.3, -0.25) is 0 Å². The van der Waals surface area contributed by atoms with Gasteiger partial charge in [-0.2, -0.15) is 0 Å². The van der Waals surface area contributed by atoms with E-state index in [-0.39, 0.29) is 5.41 Å². The zero-order valence-corrected chi connectivity index (χ0v) is 24.9. The van der Waals surface area contributed by atoms with Gasteiger partial charge in [-0.25, -0.2) is 0 Å². The van der Waals surface area contributed by atoms with E-state index in [2.05, 4.69) is 41.5 Å². The largest absolute Gasteiger partial charge is 0.393 e. The Morgan fingerprint density at radius 1 is 0.889 bits per heavy atom. The molecule has 4 aliphatic rings. The Morgan fingerprint density at radius 2 is 1.58 bits per heavy atom. The van der Waals surface area contributed by atoms with Crippen molar-refractivity contribution in [2.45, 2.75) is 129 Å². The van der Waals surface area contributed by atoms with Crippen LogP contribution in [0.5, 0.6) is 0 Å². The first-order valence-electron chi connectivity index (χ1n) is 15.5. The topological polar surface area (TPSA) is 63.9 Å². The quantitative estimate of drug-likeness (QED) is 0.372. The molecule has 0 bridgehead atoms. The van der Waals surface area contributed by atoms with E-state index in [1.54, 1.807) is 0 Å². The summed E-state index contributed by atoms with van der Waals surface area (Å²) >= 11 is 0. The molecule has 4 fully saturated rings. The predicted octanol–water partition coefficient (Wildman–Crippen LogP) is 6.12. The summed E-state index contributed by atoms with van der Waals surface area (Å²) in [5, 5.41) is 35.3. The minimum absolute atomic E-state index is 0.313. The fraction of sp³-hybridized carbons (Fsp3) is 1.00. The van der Waals surface area contributed by atoms with Crippen LogP contribution in [0.1, 0.15) is 112 Å². The Morgan fingerprint density at radius 3 is 2.19 bits per heavy atom. The van der Waals surface area contributed by atoms with Crippen LogP contribution in [0.4, 0.5) is 0 Å². The van der Waals surface area contributed by atoms with Crippen molar-refractivity contribution < 1.29 is 15.3 Å². The molecule has 0 unspecified atom stereocenters. The Kier molecular flexibility index (Phi) is 8.09. The molecule has 3 N–H and O–H groups in total. The lowest BCUT2D eigenvalue weighted by Gasteiger charge is -2.69. The van der Waals surface area contributed by atoms with E-state index >= 15 is 0 Å². The van der Waals surface area contributed by atoms with Crippen molar-refractivity contribution in [2.24, 2.45) is 52.3 Å². The first-order chi connectivity index (χ1) is 16.7. The molecule has 4 rings (SSSR count). The third-order valence-electron chi connectivity index (χ3n) is 12.9. The highest BCUT2D eigenvalue weighted by Gasteiger charge is 2.72. The number of hydrogen-bond donors (Lipinski definition) is 3. The van der Waals surface area contributed by atoms with Crippen molar-refractivity contribution >= 4 is 0 Å². The number of hydrogen-bond acceptors (Lipinski definition) is 4. The Labute approximate surface area is 222 Å². The first kappa shape index (κ1) is 28.8. The number of nitrogens with zero attached hydrogens (tertiary/aromatic N) is 1. The summed E-state index contributed by atoms with van der Waals surface area (Å²) < 4.78 is 0. The SMILES string of the molecule is CC[C@H](CC[C@@H](C)[C@H]1CC[C@H]2[C@@H]3C[C@@](O)(CN(C)C)[C@@]4(O)C[C@@H](O)CC[C@]4(C)[C@H]3CC[C@]12C)C(C)C.